The molecule has 1 aromatic carbocycles. The average molecular weight is 543 g/mol. The van der Waals surface area contributed by atoms with Gasteiger partial charge in [0.15, 0.2) is 11.6 Å². The molecule has 0 aliphatic heterocycles. The molecule has 0 fully saturated rings. The third kappa shape index (κ3) is 6.79. The highest BCUT2D eigenvalue weighted by Gasteiger charge is 2.18. The molecular weight excluding hydrogens is 511 g/mol. The summed E-state index contributed by atoms with van der Waals surface area (Å²) in [7, 11) is 4.99. The topological polar surface area (TPSA) is 91.4 Å². The number of methoxy groups -OCH3 is 1. The molecule has 0 saturated heterocycles. The number of anilines is 4. The normalized spacial score (nSPS) is 13.5. The number of thioether (sulfide) groups is 1. The molecule has 1 amide bonds. The fraction of sp³-hybridized carbons (Fsp3) is 0.346. The Morgan fingerprint density at radius 2 is 1.97 bits per heavy atom. The lowest BCUT2D eigenvalue weighted by molar-refractivity contribution is -0.116. The number of likely N-dealkylation sites (N-methyl/N-ethyl adjacent to an activating group) is 1. The van der Waals surface area contributed by atoms with Gasteiger partial charge in [-0.3, -0.25) is 4.79 Å². The van der Waals surface area contributed by atoms with Gasteiger partial charge in [-0.15, -0.1) is 23.1 Å². The molecule has 11 heteroatoms. The van der Waals surface area contributed by atoms with Crippen molar-refractivity contribution in [3.05, 3.63) is 52.2 Å². The van der Waals surface area contributed by atoms with Crippen molar-refractivity contribution in [1.82, 2.24) is 14.9 Å². The number of allylic oxidation sites excluding steroid dienone is 2. The number of nitrogens with one attached hydrogen (secondary N) is 3. The van der Waals surface area contributed by atoms with E-state index in [1.54, 1.807) is 30.3 Å². The first-order valence-corrected chi connectivity index (χ1v) is 13.7. The maximum atomic E-state index is 14.7. The number of benzene rings is 1. The Labute approximate surface area is 224 Å². The van der Waals surface area contributed by atoms with Gasteiger partial charge in [0.25, 0.3) is 0 Å². The molecule has 0 radical (unpaired) electrons. The number of carbonyl (C=O) groups excluding carboxylic acids is 1. The SMILES string of the molecule is COc1cc(F)c(NC(=O)CN(C)C)cc1Nc1nc(NC2=CCCC=C2SC(C)C)c2sccc2n1. The van der Waals surface area contributed by atoms with Crippen LogP contribution in [0.4, 0.5) is 27.5 Å². The van der Waals surface area contributed by atoms with Crippen LogP contribution >= 0.6 is 23.1 Å². The minimum atomic E-state index is -0.600. The molecule has 0 saturated carbocycles. The van der Waals surface area contributed by atoms with Crippen molar-refractivity contribution in [2.75, 3.05) is 43.7 Å². The molecule has 0 bridgehead atoms. The van der Waals surface area contributed by atoms with Crippen LogP contribution in [0.1, 0.15) is 26.7 Å². The minimum absolute atomic E-state index is 0.0398. The highest BCUT2D eigenvalue weighted by atomic mass is 32.2. The Balaban J connectivity index is 1.65. The van der Waals surface area contributed by atoms with Gasteiger partial charge in [0, 0.05) is 21.9 Å². The van der Waals surface area contributed by atoms with E-state index in [1.807, 2.05) is 23.2 Å². The van der Waals surface area contributed by atoms with E-state index in [9.17, 15) is 9.18 Å². The van der Waals surface area contributed by atoms with Crippen LogP contribution in [-0.4, -0.2) is 53.8 Å². The summed E-state index contributed by atoms with van der Waals surface area (Å²) in [6.45, 7) is 4.48. The highest BCUT2D eigenvalue weighted by Crippen LogP contribution is 2.37. The van der Waals surface area contributed by atoms with Gasteiger partial charge in [0.05, 0.1) is 35.2 Å². The second kappa shape index (κ2) is 11.9. The number of hydrogen-bond acceptors (Lipinski definition) is 9. The molecule has 37 heavy (non-hydrogen) atoms. The Kier molecular flexibility index (Phi) is 8.67. The van der Waals surface area contributed by atoms with E-state index in [2.05, 4.69) is 46.9 Å². The Morgan fingerprint density at radius 1 is 1.19 bits per heavy atom. The number of thiophene rings is 1. The quantitative estimate of drug-likeness (QED) is 0.279. The number of amides is 1. The average Bonchev–Trinajstić information content (AvgIpc) is 3.30. The van der Waals surface area contributed by atoms with Crippen molar-refractivity contribution in [2.45, 2.75) is 31.9 Å². The standard InChI is InChI=1S/C26H31FN6O2S2/c1-15(2)37-22-9-7-6-8-17(22)29-25-24-18(10-11-36-24)30-26(32-25)31-20-13-19(16(27)12-21(20)35-5)28-23(34)14-33(3)4/h8-13,15H,6-7,14H2,1-5H3,(H,28,34)(H2,29,30,31,32). The Morgan fingerprint density at radius 3 is 2.70 bits per heavy atom. The number of ether oxygens (including phenoxy) is 1. The predicted octanol–water partition coefficient (Wildman–Crippen LogP) is 6.20. The first-order chi connectivity index (χ1) is 17.7. The van der Waals surface area contributed by atoms with Crippen molar-refractivity contribution in [1.29, 1.82) is 0 Å². The summed E-state index contributed by atoms with van der Waals surface area (Å²) in [4.78, 5) is 24.5. The number of rotatable bonds is 10. The Hall–Kier alpha value is -3.15. The van der Waals surface area contributed by atoms with Crippen LogP contribution in [0.15, 0.2) is 46.3 Å². The molecule has 2 aromatic heterocycles. The largest absolute Gasteiger partial charge is 0.494 e. The van der Waals surface area contributed by atoms with Crippen molar-refractivity contribution in [3.8, 4) is 5.75 Å². The van der Waals surface area contributed by atoms with E-state index in [1.165, 1.54) is 24.1 Å². The van der Waals surface area contributed by atoms with Crippen molar-refractivity contribution < 1.29 is 13.9 Å². The van der Waals surface area contributed by atoms with Crippen LogP contribution in [0.25, 0.3) is 10.2 Å². The molecule has 1 aliphatic carbocycles. The van der Waals surface area contributed by atoms with Gasteiger partial charge in [0.2, 0.25) is 11.9 Å². The maximum Gasteiger partial charge on any atom is 0.238 e. The van der Waals surface area contributed by atoms with Crippen LogP contribution in [-0.2, 0) is 4.79 Å². The zero-order valence-corrected chi connectivity index (χ0v) is 23.1. The number of carbonyl (C=O) groups is 1. The summed E-state index contributed by atoms with van der Waals surface area (Å²) in [6.07, 6.45) is 6.44. The second-order valence-corrected chi connectivity index (χ2v) is 11.6. The van der Waals surface area contributed by atoms with Gasteiger partial charge >= 0.3 is 0 Å². The molecule has 0 unspecified atom stereocenters. The zero-order chi connectivity index (χ0) is 26.5. The van der Waals surface area contributed by atoms with E-state index in [-0.39, 0.29) is 23.9 Å². The summed E-state index contributed by atoms with van der Waals surface area (Å²) in [6, 6.07) is 4.64. The highest BCUT2D eigenvalue weighted by molar-refractivity contribution is 8.03. The van der Waals surface area contributed by atoms with E-state index in [4.69, 9.17) is 9.72 Å². The van der Waals surface area contributed by atoms with Gasteiger partial charge in [0.1, 0.15) is 5.75 Å². The molecular formula is C26H31FN6O2S2. The summed E-state index contributed by atoms with van der Waals surface area (Å²) in [5, 5.41) is 11.7. The molecule has 0 spiro atoms. The van der Waals surface area contributed by atoms with E-state index in [0.29, 0.717) is 22.7 Å². The van der Waals surface area contributed by atoms with Gasteiger partial charge < -0.3 is 25.6 Å². The molecule has 1 aliphatic rings. The van der Waals surface area contributed by atoms with E-state index in [0.717, 1.165) is 28.8 Å². The molecule has 8 nitrogen and oxygen atoms in total. The summed E-state index contributed by atoms with van der Waals surface area (Å²) in [5.74, 6) is 0.345. The third-order valence-corrected chi connectivity index (χ3v) is 7.32. The number of halogens is 1. The minimum Gasteiger partial charge on any atom is -0.494 e. The fourth-order valence-electron chi connectivity index (χ4n) is 3.78. The van der Waals surface area contributed by atoms with Gasteiger partial charge in [-0.05, 0) is 44.4 Å². The fourth-order valence-corrected chi connectivity index (χ4v) is 5.54. The van der Waals surface area contributed by atoms with Crippen LogP contribution < -0.4 is 20.7 Å². The number of hydrogen-bond donors (Lipinski definition) is 3. The van der Waals surface area contributed by atoms with E-state index < -0.39 is 5.82 Å². The van der Waals surface area contributed by atoms with Crippen molar-refractivity contribution in [3.63, 3.8) is 0 Å². The first kappa shape index (κ1) is 26.9. The number of fused-ring (bicyclic) bond motifs is 1. The lowest BCUT2D eigenvalue weighted by atomic mass is 10.1. The van der Waals surface area contributed by atoms with Crippen LogP contribution in [0.3, 0.4) is 0 Å². The summed E-state index contributed by atoms with van der Waals surface area (Å²) in [5.41, 5.74) is 2.29. The maximum absolute atomic E-state index is 14.7. The first-order valence-electron chi connectivity index (χ1n) is 11.9. The second-order valence-electron chi connectivity index (χ2n) is 9.03. The lowest BCUT2D eigenvalue weighted by Crippen LogP contribution is -2.27. The molecule has 3 aromatic rings. The molecule has 0 atom stereocenters. The van der Waals surface area contributed by atoms with Crippen molar-refractivity contribution >= 4 is 62.4 Å². The summed E-state index contributed by atoms with van der Waals surface area (Å²) >= 11 is 3.38. The van der Waals surface area contributed by atoms with Gasteiger partial charge in [-0.1, -0.05) is 26.0 Å². The van der Waals surface area contributed by atoms with Crippen LogP contribution in [0.5, 0.6) is 5.75 Å². The van der Waals surface area contributed by atoms with Crippen LogP contribution in [0.2, 0.25) is 0 Å². The Bertz CT molecular complexity index is 1350. The smallest absolute Gasteiger partial charge is 0.238 e. The molecule has 3 N–H and O–H groups in total. The third-order valence-electron chi connectivity index (χ3n) is 5.30. The predicted molar refractivity (Wildman–Crippen MR) is 153 cm³/mol. The van der Waals surface area contributed by atoms with Gasteiger partial charge in [-0.2, -0.15) is 4.98 Å². The lowest BCUT2D eigenvalue weighted by Gasteiger charge is -2.20. The van der Waals surface area contributed by atoms with Crippen LogP contribution in [0, 0.1) is 5.82 Å². The zero-order valence-electron chi connectivity index (χ0n) is 21.5. The summed E-state index contributed by atoms with van der Waals surface area (Å²) < 4.78 is 21.0. The molecule has 196 valence electrons. The molecule has 2 heterocycles. The number of nitrogens with zero attached hydrogens (tertiary/aromatic N) is 3. The van der Waals surface area contributed by atoms with Crippen molar-refractivity contribution in [2.24, 2.45) is 0 Å². The number of aromatic nitrogens is 2. The van der Waals surface area contributed by atoms with Gasteiger partial charge in [-0.25, -0.2) is 9.37 Å². The van der Waals surface area contributed by atoms with E-state index >= 15 is 0 Å². The monoisotopic (exact) mass is 542 g/mol. The molecule has 4 rings (SSSR count).